The zero-order chi connectivity index (χ0) is 10.7. The first-order chi connectivity index (χ1) is 6.50. The number of aliphatic carboxylic acids is 1. The second-order valence-corrected chi connectivity index (χ2v) is 3.12. The summed E-state index contributed by atoms with van der Waals surface area (Å²) in [5.41, 5.74) is 1.31. The van der Waals surface area contributed by atoms with E-state index in [9.17, 15) is 9.18 Å². The maximum absolute atomic E-state index is 12.9. The molecule has 2 N–H and O–H groups in total. The fourth-order valence-electron chi connectivity index (χ4n) is 1.22. The Bertz CT molecular complexity index is 361. The van der Waals surface area contributed by atoms with E-state index in [1.165, 1.54) is 12.1 Å². The van der Waals surface area contributed by atoms with Crippen LogP contribution in [0.15, 0.2) is 12.1 Å². The molecule has 0 atom stereocenters. The van der Waals surface area contributed by atoms with Gasteiger partial charge in [-0.15, -0.1) is 0 Å². The molecule has 76 valence electrons. The first-order valence-electron chi connectivity index (χ1n) is 4.20. The molecule has 0 saturated carbocycles. The Kier molecular flexibility index (Phi) is 3.06. The molecule has 0 aliphatic carbocycles. The highest BCUT2D eigenvalue weighted by Crippen LogP contribution is 2.21. The van der Waals surface area contributed by atoms with Crippen LogP contribution in [0.2, 0.25) is 0 Å². The minimum atomic E-state index is -0.919. The van der Waals surface area contributed by atoms with Crippen molar-refractivity contribution in [3.63, 3.8) is 0 Å². The van der Waals surface area contributed by atoms with E-state index in [2.05, 4.69) is 0 Å². The van der Waals surface area contributed by atoms with Gasteiger partial charge in [0.25, 0.3) is 0 Å². The van der Waals surface area contributed by atoms with Crippen molar-refractivity contribution in [2.45, 2.75) is 19.8 Å². The van der Waals surface area contributed by atoms with E-state index in [0.717, 1.165) is 0 Å². The molecule has 3 nitrogen and oxygen atoms in total. The largest absolute Gasteiger partial charge is 0.505 e. The Hall–Kier alpha value is -1.58. The maximum atomic E-state index is 12.9. The lowest BCUT2D eigenvalue weighted by Crippen LogP contribution is -1.99. The predicted molar refractivity (Wildman–Crippen MR) is 48.8 cm³/mol. The monoisotopic (exact) mass is 198 g/mol. The van der Waals surface area contributed by atoms with Gasteiger partial charge in [0.15, 0.2) is 11.6 Å². The van der Waals surface area contributed by atoms with E-state index in [1.807, 2.05) is 0 Å². The molecular weight excluding hydrogens is 187 g/mol. The van der Waals surface area contributed by atoms with E-state index in [-0.39, 0.29) is 12.8 Å². The minimum Gasteiger partial charge on any atom is -0.505 e. The molecule has 0 heterocycles. The summed E-state index contributed by atoms with van der Waals surface area (Å²) in [5, 5.41) is 17.5. The fraction of sp³-hybridized carbons (Fsp3) is 0.300. The number of carboxylic acid groups (broad SMARTS) is 1. The molecule has 0 unspecified atom stereocenters. The van der Waals surface area contributed by atoms with Crippen LogP contribution in [0.3, 0.4) is 0 Å². The van der Waals surface area contributed by atoms with Crippen molar-refractivity contribution in [2.24, 2.45) is 0 Å². The number of carbonyl (C=O) groups is 1. The normalized spacial score (nSPS) is 10.1. The third kappa shape index (κ3) is 2.45. The van der Waals surface area contributed by atoms with Gasteiger partial charge in [0.05, 0.1) is 0 Å². The number of hydrogen-bond donors (Lipinski definition) is 2. The Labute approximate surface area is 80.8 Å². The summed E-state index contributed by atoms with van der Waals surface area (Å²) >= 11 is 0. The zero-order valence-corrected chi connectivity index (χ0v) is 7.75. The Morgan fingerprint density at radius 1 is 1.50 bits per heavy atom. The van der Waals surface area contributed by atoms with Crippen molar-refractivity contribution in [2.75, 3.05) is 0 Å². The van der Waals surface area contributed by atoms with Crippen LogP contribution < -0.4 is 0 Å². The summed E-state index contributed by atoms with van der Waals surface area (Å²) in [6.07, 6.45) is 0.240. The predicted octanol–water partition coefficient (Wildman–Crippen LogP) is 1.86. The second kappa shape index (κ2) is 4.09. The van der Waals surface area contributed by atoms with Crippen molar-refractivity contribution in [3.8, 4) is 5.75 Å². The van der Waals surface area contributed by atoms with Gasteiger partial charge in [-0.05, 0) is 36.6 Å². The van der Waals surface area contributed by atoms with Crippen LogP contribution in [0, 0.1) is 12.7 Å². The zero-order valence-electron chi connectivity index (χ0n) is 7.75. The summed E-state index contributed by atoms with van der Waals surface area (Å²) in [6, 6.07) is 2.47. The number of aryl methyl sites for hydroxylation is 2. The van der Waals surface area contributed by atoms with Crippen LogP contribution >= 0.6 is 0 Å². The summed E-state index contributed by atoms with van der Waals surface area (Å²) < 4.78 is 12.9. The number of hydrogen-bond acceptors (Lipinski definition) is 2. The van der Waals surface area contributed by atoms with Gasteiger partial charge < -0.3 is 10.2 Å². The van der Waals surface area contributed by atoms with Crippen LogP contribution in [-0.2, 0) is 11.2 Å². The molecule has 0 saturated heterocycles. The van der Waals surface area contributed by atoms with E-state index < -0.39 is 17.5 Å². The standard InChI is InChI=1S/C10H11FO3/c1-6-4-9(12)8(11)5-7(6)2-3-10(13)14/h4-5,12H,2-3H2,1H3,(H,13,14). The number of aromatic hydroxyl groups is 1. The molecule has 0 amide bonds. The number of phenolic OH excluding ortho intramolecular Hbond substituents is 1. The number of halogens is 1. The number of phenols is 1. The Morgan fingerprint density at radius 3 is 2.71 bits per heavy atom. The number of carboxylic acids is 1. The first-order valence-corrected chi connectivity index (χ1v) is 4.20. The fourth-order valence-corrected chi connectivity index (χ4v) is 1.22. The average Bonchev–Trinajstić information content (AvgIpc) is 2.09. The first kappa shape index (κ1) is 10.5. The molecule has 0 fully saturated rings. The molecular formula is C10H11FO3. The molecule has 4 heteroatoms. The third-order valence-electron chi connectivity index (χ3n) is 2.01. The molecule has 1 rings (SSSR count). The van der Waals surface area contributed by atoms with Crippen LogP contribution in [0.1, 0.15) is 17.5 Å². The van der Waals surface area contributed by atoms with Gasteiger partial charge >= 0.3 is 5.97 Å². The Morgan fingerprint density at radius 2 is 2.14 bits per heavy atom. The average molecular weight is 198 g/mol. The van der Waals surface area contributed by atoms with Gasteiger partial charge in [-0.1, -0.05) is 0 Å². The molecule has 14 heavy (non-hydrogen) atoms. The van der Waals surface area contributed by atoms with Gasteiger partial charge in [0.1, 0.15) is 0 Å². The lowest BCUT2D eigenvalue weighted by molar-refractivity contribution is -0.136. The van der Waals surface area contributed by atoms with E-state index >= 15 is 0 Å². The van der Waals surface area contributed by atoms with Crippen LogP contribution in [-0.4, -0.2) is 16.2 Å². The van der Waals surface area contributed by atoms with Crippen LogP contribution in [0.5, 0.6) is 5.75 Å². The van der Waals surface area contributed by atoms with Gasteiger partial charge in [0.2, 0.25) is 0 Å². The maximum Gasteiger partial charge on any atom is 0.303 e. The van der Waals surface area contributed by atoms with Crippen molar-refractivity contribution < 1.29 is 19.4 Å². The topological polar surface area (TPSA) is 57.5 Å². The SMILES string of the molecule is Cc1cc(O)c(F)cc1CCC(=O)O. The van der Waals surface area contributed by atoms with Crippen molar-refractivity contribution in [1.29, 1.82) is 0 Å². The Balaban J connectivity index is 2.87. The smallest absolute Gasteiger partial charge is 0.303 e. The van der Waals surface area contributed by atoms with Gasteiger partial charge in [-0.3, -0.25) is 4.79 Å². The highest BCUT2D eigenvalue weighted by atomic mass is 19.1. The summed E-state index contributed by atoms with van der Waals surface area (Å²) in [4.78, 5) is 10.3. The number of benzene rings is 1. The van der Waals surface area contributed by atoms with Crippen molar-refractivity contribution >= 4 is 5.97 Å². The lowest BCUT2D eigenvalue weighted by atomic mass is 10.0. The van der Waals surface area contributed by atoms with E-state index in [0.29, 0.717) is 11.1 Å². The molecule has 0 spiro atoms. The molecule has 0 aromatic heterocycles. The van der Waals surface area contributed by atoms with Gasteiger partial charge in [-0.2, -0.15) is 0 Å². The van der Waals surface area contributed by atoms with Crippen LogP contribution in [0.4, 0.5) is 4.39 Å². The van der Waals surface area contributed by atoms with Crippen LogP contribution in [0.25, 0.3) is 0 Å². The minimum absolute atomic E-state index is 0.0367. The molecule has 1 aromatic carbocycles. The van der Waals surface area contributed by atoms with Gasteiger partial charge in [0, 0.05) is 6.42 Å². The molecule has 1 aromatic rings. The summed E-state index contributed by atoms with van der Waals surface area (Å²) in [6.45, 7) is 1.70. The third-order valence-corrected chi connectivity index (χ3v) is 2.01. The second-order valence-electron chi connectivity index (χ2n) is 3.12. The molecule has 0 bridgehead atoms. The van der Waals surface area contributed by atoms with E-state index in [1.54, 1.807) is 6.92 Å². The van der Waals surface area contributed by atoms with Crippen molar-refractivity contribution in [1.82, 2.24) is 0 Å². The number of rotatable bonds is 3. The highest BCUT2D eigenvalue weighted by molar-refractivity contribution is 5.67. The summed E-state index contributed by atoms with van der Waals surface area (Å²) in [7, 11) is 0. The van der Waals surface area contributed by atoms with Crippen molar-refractivity contribution in [3.05, 3.63) is 29.1 Å². The van der Waals surface area contributed by atoms with Gasteiger partial charge in [-0.25, -0.2) is 4.39 Å². The van der Waals surface area contributed by atoms with E-state index in [4.69, 9.17) is 10.2 Å². The summed E-state index contributed by atoms with van der Waals surface area (Å²) in [5.74, 6) is -2.03. The highest BCUT2D eigenvalue weighted by Gasteiger charge is 2.07. The lowest BCUT2D eigenvalue weighted by Gasteiger charge is -2.05. The molecule has 0 aliphatic heterocycles. The quantitative estimate of drug-likeness (QED) is 0.779. The molecule has 0 radical (unpaired) electrons. The molecule has 0 aliphatic rings.